The molecule has 2 heterocycles. The highest BCUT2D eigenvalue weighted by Gasteiger charge is 2.26. The number of nitrogens with two attached hydrogens (primary N) is 1. The number of benzene rings is 1. The van der Waals surface area contributed by atoms with Gasteiger partial charge in [0.05, 0.1) is 16.8 Å². The lowest BCUT2D eigenvalue weighted by molar-refractivity contribution is 0.624. The molecule has 1 aliphatic carbocycles. The molecule has 3 N–H and O–H groups in total. The van der Waals surface area contributed by atoms with Crippen molar-refractivity contribution in [2.24, 2.45) is 0 Å². The molecule has 1 aromatic carbocycles. The van der Waals surface area contributed by atoms with Gasteiger partial charge in [0.25, 0.3) is 0 Å². The Morgan fingerprint density at radius 2 is 2.10 bits per heavy atom. The van der Waals surface area contributed by atoms with Gasteiger partial charge in [-0.3, -0.25) is 5.10 Å². The quantitative estimate of drug-likeness (QED) is 0.759. The number of nitrogens with zero attached hydrogens (tertiary/aromatic N) is 3. The second kappa shape index (κ2) is 4.58. The third-order valence-corrected chi connectivity index (χ3v) is 4.23. The summed E-state index contributed by atoms with van der Waals surface area (Å²) in [5.41, 5.74) is 8.33. The Bertz CT molecular complexity index is 798. The first kappa shape index (κ1) is 12.4. The fourth-order valence-electron chi connectivity index (χ4n) is 3.23. The molecule has 0 atom stereocenters. The summed E-state index contributed by atoms with van der Waals surface area (Å²) in [7, 11) is 0. The van der Waals surface area contributed by atoms with Crippen LogP contribution in [0.2, 0.25) is 0 Å². The van der Waals surface area contributed by atoms with E-state index in [-0.39, 0.29) is 5.82 Å². The van der Waals surface area contributed by atoms with Crippen LogP contribution in [0.15, 0.2) is 24.3 Å². The molecule has 0 amide bonds. The molecule has 1 aliphatic rings. The van der Waals surface area contributed by atoms with Gasteiger partial charge in [0.1, 0.15) is 11.6 Å². The highest BCUT2D eigenvalue weighted by atomic mass is 19.1. The number of fused-ring (bicyclic) bond motifs is 1. The number of anilines is 1. The fourth-order valence-corrected chi connectivity index (χ4v) is 3.23. The van der Waals surface area contributed by atoms with Crippen LogP contribution in [0.5, 0.6) is 0 Å². The molecule has 0 aliphatic heterocycles. The predicted octanol–water partition coefficient (Wildman–Crippen LogP) is 3.13. The summed E-state index contributed by atoms with van der Waals surface area (Å²) in [6.07, 6.45) is 4.69. The van der Waals surface area contributed by atoms with E-state index >= 15 is 0 Å². The van der Waals surface area contributed by atoms with Gasteiger partial charge in [0, 0.05) is 5.92 Å². The third-order valence-electron chi connectivity index (χ3n) is 4.23. The number of nitrogen functional groups attached to an aromatic ring is 1. The summed E-state index contributed by atoms with van der Waals surface area (Å²) in [6.45, 7) is 0. The van der Waals surface area contributed by atoms with E-state index in [1.807, 2.05) is 6.07 Å². The Labute approximate surface area is 120 Å². The van der Waals surface area contributed by atoms with Gasteiger partial charge in [0.15, 0.2) is 5.65 Å². The van der Waals surface area contributed by atoms with Gasteiger partial charge >= 0.3 is 0 Å². The Morgan fingerprint density at radius 1 is 1.29 bits per heavy atom. The molecular formula is C15H16FN5. The minimum atomic E-state index is -0.290. The lowest BCUT2D eigenvalue weighted by Gasteiger charge is -2.06. The van der Waals surface area contributed by atoms with Gasteiger partial charge in [-0.05, 0) is 31.0 Å². The zero-order valence-electron chi connectivity index (χ0n) is 11.5. The summed E-state index contributed by atoms with van der Waals surface area (Å²) in [5.74, 6) is 0.666. The first-order valence-corrected chi connectivity index (χ1v) is 7.22. The number of hydrogen-bond acceptors (Lipinski definition) is 3. The van der Waals surface area contributed by atoms with Crippen molar-refractivity contribution in [2.45, 2.75) is 31.6 Å². The largest absolute Gasteiger partial charge is 0.383 e. The molecule has 0 unspecified atom stereocenters. The van der Waals surface area contributed by atoms with Crippen molar-refractivity contribution < 1.29 is 4.39 Å². The number of hydrogen-bond donors (Lipinski definition) is 2. The lowest BCUT2D eigenvalue weighted by Crippen LogP contribution is -2.01. The molecule has 3 aromatic rings. The van der Waals surface area contributed by atoms with Gasteiger partial charge < -0.3 is 5.73 Å². The summed E-state index contributed by atoms with van der Waals surface area (Å²) < 4.78 is 15.2. The van der Waals surface area contributed by atoms with Crippen molar-refractivity contribution in [3.05, 3.63) is 35.8 Å². The van der Waals surface area contributed by atoms with Crippen LogP contribution in [0, 0.1) is 5.82 Å². The van der Waals surface area contributed by atoms with E-state index in [4.69, 9.17) is 10.8 Å². The first-order chi connectivity index (χ1) is 10.2. The lowest BCUT2D eigenvalue weighted by atomic mass is 10.0. The predicted molar refractivity (Wildman–Crippen MR) is 78.8 cm³/mol. The van der Waals surface area contributed by atoms with Crippen molar-refractivity contribution in [3.63, 3.8) is 0 Å². The van der Waals surface area contributed by atoms with Crippen LogP contribution >= 0.6 is 0 Å². The number of aromatic amines is 1. The van der Waals surface area contributed by atoms with Crippen molar-refractivity contribution in [2.75, 3.05) is 5.73 Å². The van der Waals surface area contributed by atoms with Crippen LogP contribution in [-0.2, 0) is 0 Å². The maximum absolute atomic E-state index is 13.5. The maximum Gasteiger partial charge on any atom is 0.186 e. The van der Waals surface area contributed by atoms with Gasteiger partial charge in [-0.1, -0.05) is 18.9 Å². The molecule has 1 fully saturated rings. The highest BCUT2D eigenvalue weighted by molar-refractivity contribution is 5.90. The molecule has 2 aromatic heterocycles. The van der Waals surface area contributed by atoms with Crippen LogP contribution in [0.1, 0.15) is 37.3 Å². The van der Waals surface area contributed by atoms with Crippen molar-refractivity contribution in [1.29, 1.82) is 0 Å². The standard InChI is InChI=1S/C15H16FN5/c16-10-6-3-7-11(8-10)21-15-12(14(17)18-19-15)13(20-21)9-4-1-2-5-9/h3,6-9H,1-2,4-5H2,(H3,17,18,19). The Morgan fingerprint density at radius 3 is 2.86 bits per heavy atom. The first-order valence-electron chi connectivity index (χ1n) is 7.22. The summed E-state index contributed by atoms with van der Waals surface area (Å²) in [6, 6.07) is 6.36. The van der Waals surface area contributed by atoms with Gasteiger partial charge in [0.2, 0.25) is 0 Å². The van der Waals surface area contributed by atoms with Crippen molar-refractivity contribution >= 4 is 16.9 Å². The third kappa shape index (κ3) is 1.90. The van der Waals surface area contributed by atoms with Gasteiger partial charge in [-0.2, -0.15) is 10.2 Å². The molecule has 1 saturated carbocycles. The Kier molecular flexibility index (Phi) is 2.70. The number of aromatic nitrogens is 4. The van der Waals surface area contributed by atoms with Crippen molar-refractivity contribution in [1.82, 2.24) is 20.0 Å². The Balaban J connectivity index is 1.94. The summed E-state index contributed by atoms with van der Waals surface area (Å²) >= 11 is 0. The number of rotatable bonds is 2. The van der Waals surface area contributed by atoms with Gasteiger partial charge in [-0.15, -0.1) is 0 Å². The molecule has 6 heteroatoms. The Hall–Kier alpha value is -2.37. The minimum Gasteiger partial charge on any atom is -0.383 e. The normalized spacial score (nSPS) is 16.0. The number of halogens is 1. The van der Waals surface area contributed by atoms with Crippen LogP contribution in [0.4, 0.5) is 10.2 Å². The van der Waals surface area contributed by atoms with Crippen LogP contribution in [0.3, 0.4) is 0 Å². The molecule has 5 nitrogen and oxygen atoms in total. The molecule has 0 spiro atoms. The van der Waals surface area contributed by atoms with E-state index in [0.717, 1.165) is 23.9 Å². The number of H-pyrrole nitrogens is 1. The second-order valence-corrected chi connectivity index (χ2v) is 5.59. The molecule has 0 bridgehead atoms. The maximum atomic E-state index is 13.5. The van der Waals surface area contributed by atoms with E-state index in [2.05, 4.69) is 10.2 Å². The molecule has 108 valence electrons. The van der Waals surface area contributed by atoms with Crippen LogP contribution in [-0.4, -0.2) is 20.0 Å². The summed E-state index contributed by atoms with van der Waals surface area (Å²) in [5, 5.41) is 12.6. The van der Waals surface area contributed by atoms with Crippen LogP contribution in [0.25, 0.3) is 16.7 Å². The van der Waals surface area contributed by atoms with E-state index < -0.39 is 0 Å². The monoisotopic (exact) mass is 285 g/mol. The van der Waals surface area contributed by atoms with E-state index in [1.165, 1.54) is 25.0 Å². The highest BCUT2D eigenvalue weighted by Crippen LogP contribution is 2.38. The molecule has 0 radical (unpaired) electrons. The number of nitrogens with one attached hydrogen (secondary N) is 1. The molecule has 0 saturated heterocycles. The molecule has 4 rings (SSSR count). The molecular weight excluding hydrogens is 269 g/mol. The zero-order chi connectivity index (χ0) is 14.4. The SMILES string of the molecule is Nc1[nH]nc2c1c(C1CCCC1)nn2-c1cccc(F)c1. The minimum absolute atomic E-state index is 0.290. The van der Waals surface area contributed by atoms with E-state index in [1.54, 1.807) is 10.7 Å². The summed E-state index contributed by atoms with van der Waals surface area (Å²) in [4.78, 5) is 0. The average Bonchev–Trinajstić information content (AvgIpc) is 3.17. The van der Waals surface area contributed by atoms with Crippen molar-refractivity contribution in [3.8, 4) is 5.69 Å². The molecule has 21 heavy (non-hydrogen) atoms. The second-order valence-electron chi connectivity index (χ2n) is 5.59. The van der Waals surface area contributed by atoms with Crippen LogP contribution < -0.4 is 5.73 Å². The average molecular weight is 285 g/mol. The smallest absolute Gasteiger partial charge is 0.186 e. The fraction of sp³-hybridized carbons (Fsp3) is 0.333. The van der Waals surface area contributed by atoms with Gasteiger partial charge in [-0.25, -0.2) is 9.07 Å². The van der Waals surface area contributed by atoms with E-state index in [0.29, 0.717) is 23.1 Å². The van der Waals surface area contributed by atoms with E-state index in [9.17, 15) is 4.39 Å². The zero-order valence-corrected chi connectivity index (χ0v) is 11.5. The topological polar surface area (TPSA) is 72.5 Å².